The van der Waals surface area contributed by atoms with Crippen LogP contribution in [0.15, 0.2) is 82.1 Å². The predicted octanol–water partition coefficient (Wildman–Crippen LogP) is 6.05. The quantitative estimate of drug-likeness (QED) is 0.342. The van der Waals surface area contributed by atoms with Crippen LogP contribution in [-0.4, -0.2) is 20.5 Å². The smallest absolute Gasteiger partial charge is 0.263 e. The number of anilines is 1. The average Bonchev–Trinajstić information content (AvgIpc) is 3.16. The molecule has 3 aromatic carbocycles. The second kappa shape index (κ2) is 9.24. The van der Waals surface area contributed by atoms with E-state index in [1.54, 1.807) is 30.3 Å². The summed E-state index contributed by atoms with van der Waals surface area (Å²) in [5.41, 5.74) is 1.42. The summed E-state index contributed by atoms with van der Waals surface area (Å²) >= 11 is 12.6. The molecule has 0 fully saturated rings. The standard InChI is InChI=1S/C23H18Cl2N2O4S/c1-30-22-18(24)13-16(14-19(22)25)21-23(27-32(28,29)17-10-6-3-7-11-17)26-20(31-21)12-15-8-4-2-5-9-15/h2-11,13-14,27H,12H2,1H3. The Morgan fingerprint density at radius 1 is 0.969 bits per heavy atom. The first-order valence-corrected chi connectivity index (χ1v) is 11.8. The number of nitrogens with one attached hydrogen (secondary N) is 1. The van der Waals surface area contributed by atoms with Crippen molar-refractivity contribution in [1.29, 1.82) is 0 Å². The topological polar surface area (TPSA) is 81.4 Å². The van der Waals surface area contributed by atoms with Crippen LogP contribution in [0.25, 0.3) is 11.3 Å². The van der Waals surface area contributed by atoms with Crippen molar-refractivity contribution in [3.8, 4) is 17.1 Å². The lowest BCUT2D eigenvalue weighted by atomic mass is 10.1. The van der Waals surface area contributed by atoms with E-state index >= 15 is 0 Å². The molecule has 1 aromatic heterocycles. The third-order valence-electron chi connectivity index (χ3n) is 4.62. The molecule has 1 N–H and O–H groups in total. The van der Waals surface area contributed by atoms with E-state index in [0.29, 0.717) is 23.6 Å². The summed E-state index contributed by atoms with van der Waals surface area (Å²) in [6.07, 6.45) is 0.374. The highest BCUT2D eigenvalue weighted by Gasteiger charge is 2.23. The molecule has 0 saturated carbocycles. The van der Waals surface area contributed by atoms with E-state index in [4.69, 9.17) is 32.4 Å². The highest BCUT2D eigenvalue weighted by Crippen LogP contribution is 2.40. The van der Waals surface area contributed by atoms with Gasteiger partial charge in [0.25, 0.3) is 10.0 Å². The Kier molecular flexibility index (Phi) is 6.41. The molecule has 0 radical (unpaired) electrons. The van der Waals surface area contributed by atoms with Gasteiger partial charge in [-0.25, -0.2) is 8.42 Å². The first kappa shape index (κ1) is 22.2. The second-order valence-electron chi connectivity index (χ2n) is 6.84. The van der Waals surface area contributed by atoms with E-state index in [2.05, 4.69) is 9.71 Å². The molecule has 164 valence electrons. The molecular weight excluding hydrogens is 471 g/mol. The number of hydrogen-bond acceptors (Lipinski definition) is 5. The molecule has 9 heteroatoms. The molecule has 0 aliphatic carbocycles. The Hall–Kier alpha value is -3.00. The molecule has 1 heterocycles. The number of methoxy groups -OCH3 is 1. The van der Waals surface area contributed by atoms with Gasteiger partial charge in [-0.05, 0) is 29.8 Å². The van der Waals surface area contributed by atoms with Crippen molar-refractivity contribution in [3.63, 3.8) is 0 Å². The van der Waals surface area contributed by atoms with E-state index < -0.39 is 10.0 Å². The third-order valence-corrected chi connectivity index (χ3v) is 6.54. The van der Waals surface area contributed by atoms with Gasteiger partial charge in [-0.1, -0.05) is 71.7 Å². The van der Waals surface area contributed by atoms with Gasteiger partial charge in [0.2, 0.25) is 5.89 Å². The molecule has 0 aliphatic heterocycles. The van der Waals surface area contributed by atoms with Crippen molar-refractivity contribution < 1.29 is 17.6 Å². The number of aromatic nitrogens is 1. The summed E-state index contributed by atoms with van der Waals surface area (Å²) < 4.78 is 39.5. The van der Waals surface area contributed by atoms with Crippen molar-refractivity contribution in [2.24, 2.45) is 0 Å². The van der Waals surface area contributed by atoms with Gasteiger partial charge in [-0.15, -0.1) is 0 Å². The fraction of sp³-hybridized carbons (Fsp3) is 0.0870. The van der Waals surface area contributed by atoms with Crippen LogP contribution in [0.2, 0.25) is 10.0 Å². The molecule has 32 heavy (non-hydrogen) atoms. The Balaban J connectivity index is 1.79. The molecule has 4 aromatic rings. The minimum atomic E-state index is -3.90. The minimum Gasteiger partial charge on any atom is -0.494 e. The van der Waals surface area contributed by atoms with Gasteiger partial charge in [0.05, 0.1) is 22.1 Å². The van der Waals surface area contributed by atoms with E-state index in [0.717, 1.165) is 5.56 Å². The highest BCUT2D eigenvalue weighted by molar-refractivity contribution is 7.92. The molecule has 0 spiro atoms. The van der Waals surface area contributed by atoms with Crippen molar-refractivity contribution >= 4 is 39.0 Å². The molecule has 0 saturated heterocycles. The number of halogens is 2. The summed E-state index contributed by atoms with van der Waals surface area (Å²) in [4.78, 5) is 4.52. The van der Waals surface area contributed by atoms with E-state index in [1.165, 1.54) is 19.2 Å². The van der Waals surface area contributed by atoms with E-state index in [1.807, 2.05) is 30.3 Å². The van der Waals surface area contributed by atoms with Crippen molar-refractivity contribution in [3.05, 3.63) is 94.3 Å². The fourth-order valence-electron chi connectivity index (χ4n) is 3.15. The van der Waals surface area contributed by atoms with Gasteiger partial charge in [0.1, 0.15) is 0 Å². The molecular formula is C23H18Cl2N2O4S. The van der Waals surface area contributed by atoms with Gasteiger partial charge < -0.3 is 9.15 Å². The molecule has 0 bridgehead atoms. The summed E-state index contributed by atoms with van der Waals surface area (Å²) in [7, 11) is -2.44. The number of ether oxygens (including phenoxy) is 1. The van der Waals surface area contributed by atoms with Gasteiger partial charge in [0.15, 0.2) is 17.3 Å². The van der Waals surface area contributed by atoms with Crippen LogP contribution in [0.4, 0.5) is 5.82 Å². The second-order valence-corrected chi connectivity index (χ2v) is 9.34. The fourth-order valence-corrected chi connectivity index (χ4v) is 4.81. The van der Waals surface area contributed by atoms with Crippen LogP contribution < -0.4 is 9.46 Å². The highest BCUT2D eigenvalue weighted by atomic mass is 35.5. The molecule has 0 atom stereocenters. The number of nitrogens with zero attached hydrogens (tertiary/aromatic N) is 1. The Labute approximate surface area is 195 Å². The zero-order valence-corrected chi connectivity index (χ0v) is 19.2. The number of rotatable bonds is 7. The normalized spacial score (nSPS) is 11.3. The minimum absolute atomic E-state index is 0.0390. The number of sulfonamides is 1. The van der Waals surface area contributed by atoms with E-state index in [-0.39, 0.29) is 26.5 Å². The Morgan fingerprint density at radius 2 is 1.56 bits per heavy atom. The zero-order valence-electron chi connectivity index (χ0n) is 16.9. The Morgan fingerprint density at radius 3 is 2.16 bits per heavy atom. The van der Waals surface area contributed by atoms with Crippen molar-refractivity contribution in [1.82, 2.24) is 4.98 Å². The first-order chi connectivity index (χ1) is 15.4. The monoisotopic (exact) mass is 488 g/mol. The van der Waals surface area contributed by atoms with E-state index in [9.17, 15) is 8.42 Å². The average molecular weight is 489 g/mol. The lowest BCUT2D eigenvalue weighted by Gasteiger charge is -2.09. The number of oxazole rings is 1. The number of benzene rings is 3. The maximum atomic E-state index is 12.9. The zero-order chi connectivity index (χ0) is 22.7. The molecule has 0 amide bonds. The maximum absolute atomic E-state index is 12.9. The Bertz CT molecular complexity index is 1320. The van der Waals surface area contributed by atoms with Gasteiger partial charge in [-0.3, -0.25) is 4.72 Å². The third kappa shape index (κ3) is 4.75. The predicted molar refractivity (Wildman–Crippen MR) is 125 cm³/mol. The molecule has 0 unspecified atom stereocenters. The van der Waals surface area contributed by atoms with Crippen molar-refractivity contribution in [2.75, 3.05) is 11.8 Å². The van der Waals surface area contributed by atoms with Crippen LogP contribution in [0, 0.1) is 0 Å². The summed E-state index contributed by atoms with van der Waals surface area (Å²) in [6, 6.07) is 20.7. The summed E-state index contributed by atoms with van der Waals surface area (Å²) in [6.45, 7) is 0. The lowest BCUT2D eigenvalue weighted by Crippen LogP contribution is -2.13. The van der Waals surface area contributed by atoms with Crippen LogP contribution >= 0.6 is 23.2 Å². The van der Waals surface area contributed by atoms with Crippen molar-refractivity contribution in [2.45, 2.75) is 11.3 Å². The largest absolute Gasteiger partial charge is 0.494 e. The van der Waals surface area contributed by atoms with Crippen LogP contribution in [0.1, 0.15) is 11.5 Å². The van der Waals surface area contributed by atoms with Crippen LogP contribution in [0.5, 0.6) is 5.75 Å². The maximum Gasteiger partial charge on any atom is 0.263 e. The van der Waals surface area contributed by atoms with Gasteiger partial charge in [-0.2, -0.15) is 4.98 Å². The molecule has 6 nitrogen and oxygen atoms in total. The molecule has 4 rings (SSSR count). The first-order valence-electron chi connectivity index (χ1n) is 9.52. The van der Waals surface area contributed by atoms with Crippen LogP contribution in [0.3, 0.4) is 0 Å². The molecule has 0 aliphatic rings. The SMILES string of the molecule is COc1c(Cl)cc(-c2oc(Cc3ccccc3)nc2NS(=O)(=O)c2ccccc2)cc1Cl. The summed E-state index contributed by atoms with van der Waals surface area (Å²) in [5.74, 6) is 0.881. The van der Waals surface area contributed by atoms with Crippen LogP contribution in [-0.2, 0) is 16.4 Å². The van der Waals surface area contributed by atoms with Gasteiger partial charge >= 0.3 is 0 Å². The number of hydrogen-bond donors (Lipinski definition) is 1. The summed E-state index contributed by atoms with van der Waals surface area (Å²) in [5, 5.41) is 0.515. The van der Waals surface area contributed by atoms with Gasteiger partial charge in [0, 0.05) is 12.0 Å². The lowest BCUT2D eigenvalue weighted by molar-refractivity contribution is 0.415.